The van der Waals surface area contributed by atoms with E-state index in [0.29, 0.717) is 11.7 Å². The number of guanidine groups is 1. The van der Waals surface area contributed by atoms with Crippen molar-refractivity contribution >= 4 is 41.5 Å². The first kappa shape index (κ1) is 21.0. The second-order valence-electron chi connectivity index (χ2n) is 6.07. The molecular weight excluding hydrogens is 465 g/mol. The van der Waals surface area contributed by atoms with Gasteiger partial charge in [0.1, 0.15) is 10.9 Å². The fraction of sp³-hybridized carbons (Fsp3) is 0.444. The number of nitrogens with zero attached hydrogens (tertiary/aromatic N) is 3. The number of rotatable bonds is 6. The van der Waals surface area contributed by atoms with Gasteiger partial charge in [0.25, 0.3) is 0 Å². The molecular formula is C18H25ClIN5O. The van der Waals surface area contributed by atoms with Crippen LogP contribution in [0.2, 0.25) is 5.15 Å². The third kappa shape index (κ3) is 5.85. The molecule has 142 valence electrons. The largest absolute Gasteiger partial charge is 0.468 e. The molecule has 1 fully saturated rings. The van der Waals surface area contributed by atoms with Gasteiger partial charge in [0.15, 0.2) is 5.96 Å². The lowest BCUT2D eigenvalue weighted by Crippen LogP contribution is -2.42. The van der Waals surface area contributed by atoms with Gasteiger partial charge in [-0.25, -0.2) is 4.98 Å². The first-order valence-electron chi connectivity index (χ1n) is 8.58. The molecule has 0 aliphatic carbocycles. The zero-order chi connectivity index (χ0) is 17.5. The molecule has 8 heteroatoms. The topological polar surface area (TPSA) is 65.7 Å². The first-order valence-corrected chi connectivity index (χ1v) is 8.96. The highest BCUT2D eigenvalue weighted by molar-refractivity contribution is 14.0. The molecule has 6 nitrogen and oxygen atoms in total. The SMILES string of the molecule is CN=C(NCc1ccc(Cl)nc1)NCC(c1ccco1)N1CCCC1.I. The van der Waals surface area contributed by atoms with Crippen molar-refractivity contribution < 1.29 is 4.42 Å². The third-order valence-corrected chi connectivity index (χ3v) is 4.61. The summed E-state index contributed by atoms with van der Waals surface area (Å²) in [6.45, 7) is 3.59. The quantitative estimate of drug-likeness (QED) is 0.282. The summed E-state index contributed by atoms with van der Waals surface area (Å²) >= 11 is 5.82. The van der Waals surface area contributed by atoms with Crippen molar-refractivity contribution in [2.45, 2.75) is 25.4 Å². The predicted octanol–water partition coefficient (Wildman–Crippen LogP) is 3.45. The number of likely N-dealkylation sites (tertiary alicyclic amines) is 1. The second-order valence-corrected chi connectivity index (χ2v) is 6.46. The number of pyridine rings is 1. The average Bonchev–Trinajstić information content (AvgIpc) is 3.33. The number of aromatic nitrogens is 1. The number of nitrogens with one attached hydrogen (secondary N) is 2. The minimum absolute atomic E-state index is 0. The summed E-state index contributed by atoms with van der Waals surface area (Å²) in [4.78, 5) is 10.8. The van der Waals surface area contributed by atoms with E-state index in [1.165, 1.54) is 12.8 Å². The van der Waals surface area contributed by atoms with Crippen LogP contribution in [0.15, 0.2) is 46.1 Å². The molecule has 3 rings (SSSR count). The lowest BCUT2D eigenvalue weighted by Gasteiger charge is -2.26. The van der Waals surface area contributed by atoms with Crippen LogP contribution in [-0.4, -0.2) is 42.5 Å². The summed E-state index contributed by atoms with van der Waals surface area (Å²) in [6, 6.07) is 7.94. The predicted molar refractivity (Wildman–Crippen MR) is 115 cm³/mol. The van der Waals surface area contributed by atoms with E-state index in [4.69, 9.17) is 16.0 Å². The van der Waals surface area contributed by atoms with Crippen molar-refractivity contribution in [1.29, 1.82) is 0 Å². The number of furan rings is 1. The molecule has 1 saturated heterocycles. The maximum absolute atomic E-state index is 5.82. The van der Waals surface area contributed by atoms with Crippen molar-refractivity contribution in [2.75, 3.05) is 26.7 Å². The van der Waals surface area contributed by atoms with Gasteiger partial charge < -0.3 is 15.1 Å². The van der Waals surface area contributed by atoms with Crippen LogP contribution in [0.25, 0.3) is 0 Å². The highest BCUT2D eigenvalue weighted by atomic mass is 127. The zero-order valence-electron chi connectivity index (χ0n) is 14.8. The number of aliphatic imine (C=N–C) groups is 1. The van der Waals surface area contributed by atoms with Crippen molar-refractivity contribution in [2.24, 2.45) is 4.99 Å². The Kier molecular flexibility index (Phi) is 8.67. The van der Waals surface area contributed by atoms with E-state index in [0.717, 1.165) is 36.9 Å². The Hall–Kier alpha value is -1.32. The molecule has 2 aromatic heterocycles. The van der Waals surface area contributed by atoms with Crippen LogP contribution in [0.1, 0.15) is 30.2 Å². The Bertz CT molecular complexity index is 671. The van der Waals surface area contributed by atoms with Crippen LogP contribution in [0.3, 0.4) is 0 Å². The van der Waals surface area contributed by atoms with E-state index in [2.05, 4.69) is 25.5 Å². The normalized spacial score (nSPS) is 16.2. The fourth-order valence-electron chi connectivity index (χ4n) is 3.05. The van der Waals surface area contributed by atoms with Gasteiger partial charge in [-0.3, -0.25) is 9.89 Å². The van der Waals surface area contributed by atoms with Crippen LogP contribution >= 0.6 is 35.6 Å². The molecule has 1 aliphatic rings. The molecule has 0 amide bonds. The van der Waals surface area contributed by atoms with Gasteiger partial charge >= 0.3 is 0 Å². The summed E-state index contributed by atoms with van der Waals surface area (Å²) in [5.74, 6) is 1.75. The Morgan fingerprint density at radius 1 is 1.31 bits per heavy atom. The van der Waals surface area contributed by atoms with Gasteiger partial charge in [-0.05, 0) is 49.7 Å². The molecule has 0 saturated carbocycles. The Morgan fingerprint density at radius 2 is 2.12 bits per heavy atom. The molecule has 1 unspecified atom stereocenters. The molecule has 0 spiro atoms. The van der Waals surface area contributed by atoms with Gasteiger partial charge in [0.05, 0.1) is 12.3 Å². The van der Waals surface area contributed by atoms with E-state index < -0.39 is 0 Å². The van der Waals surface area contributed by atoms with Crippen molar-refractivity contribution in [3.8, 4) is 0 Å². The summed E-state index contributed by atoms with van der Waals surface area (Å²) in [5.41, 5.74) is 1.05. The van der Waals surface area contributed by atoms with Crippen molar-refractivity contribution in [3.63, 3.8) is 0 Å². The molecule has 3 heterocycles. The summed E-state index contributed by atoms with van der Waals surface area (Å²) < 4.78 is 5.65. The smallest absolute Gasteiger partial charge is 0.191 e. The maximum atomic E-state index is 5.82. The first-order chi connectivity index (χ1) is 12.3. The highest BCUT2D eigenvalue weighted by Gasteiger charge is 2.25. The monoisotopic (exact) mass is 489 g/mol. The second kappa shape index (κ2) is 10.7. The maximum Gasteiger partial charge on any atom is 0.191 e. The molecule has 2 aromatic rings. The molecule has 1 atom stereocenters. The number of hydrogen-bond donors (Lipinski definition) is 2. The standard InChI is InChI=1S/C18H24ClN5O.HI/c1-20-18(22-12-14-6-7-17(19)21-11-14)23-13-15(16-5-4-10-25-16)24-8-2-3-9-24;/h4-7,10-11,15H,2-3,8-9,12-13H2,1H3,(H2,20,22,23);1H. The van der Waals surface area contributed by atoms with Gasteiger partial charge in [-0.2, -0.15) is 0 Å². The van der Waals surface area contributed by atoms with E-state index >= 15 is 0 Å². The number of hydrogen-bond acceptors (Lipinski definition) is 4. The highest BCUT2D eigenvalue weighted by Crippen LogP contribution is 2.24. The van der Waals surface area contributed by atoms with Gasteiger partial charge in [0, 0.05) is 26.3 Å². The Labute approximate surface area is 176 Å². The molecule has 26 heavy (non-hydrogen) atoms. The van der Waals surface area contributed by atoms with Crippen LogP contribution in [0.5, 0.6) is 0 Å². The van der Waals surface area contributed by atoms with Crippen LogP contribution < -0.4 is 10.6 Å². The Balaban J connectivity index is 0.00000243. The summed E-state index contributed by atoms with van der Waals surface area (Å²) in [6.07, 6.45) is 5.99. The fourth-order valence-corrected chi connectivity index (χ4v) is 3.17. The minimum atomic E-state index is 0. The third-order valence-electron chi connectivity index (χ3n) is 4.39. The zero-order valence-corrected chi connectivity index (χ0v) is 17.9. The number of halogens is 2. The van der Waals surface area contributed by atoms with E-state index in [-0.39, 0.29) is 30.0 Å². The van der Waals surface area contributed by atoms with Gasteiger partial charge in [0.2, 0.25) is 0 Å². The molecule has 1 aliphatic heterocycles. The van der Waals surface area contributed by atoms with Gasteiger partial charge in [-0.1, -0.05) is 17.7 Å². The lowest BCUT2D eigenvalue weighted by atomic mass is 10.2. The van der Waals surface area contributed by atoms with E-state index in [9.17, 15) is 0 Å². The molecule has 2 N–H and O–H groups in total. The van der Waals surface area contributed by atoms with Crippen LogP contribution in [-0.2, 0) is 6.54 Å². The summed E-state index contributed by atoms with van der Waals surface area (Å²) in [7, 11) is 1.77. The molecule has 0 aromatic carbocycles. The van der Waals surface area contributed by atoms with Gasteiger partial charge in [-0.15, -0.1) is 24.0 Å². The van der Waals surface area contributed by atoms with E-state index in [1.807, 2.05) is 18.2 Å². The summed E-state index contributed by atoms with van der Waals surface area (Å²) in [5, 5.41) is 7.21. The lowest BCUT2D eigenvalue weighted by molar-refractivity contribution is 0.215. The van der Waals surface area contributed by atoms with Crippen molar-refractivity contribution in [3.05, 3.63) is 53.2 Å². The molecule has 0 radical (unpaired) electrons. The van der Waals surface area contributed by atoms with Crippen LogP contribution in [0.4, 0.5) is 0 Å². The Morgan fingerprint density at radius 3 is 2.73 bits per heavy atom. The van der Waals surface area contributed by atoms with E-state index in [1.54, 1.807) is 25.6 Å². The van der Waals surface area contributed by atoms with Crippen LogP contribution in [0, 0.1) is 0 Å². The average molecular weight is 490 g/mol. The minimum Gasteiger partial charge on any atom is -0.468 e. The molecule has 0 bridgehead atoms. The van der Waals surface area contributed by atoms with Crippen molar-refractivity contribution in [1.82, 2.24) is 20.5 Å².